The third kappa shape index (κ3) is 4.16. The molecule has 37 heavy (non-hydrogen) atoms. The second-order valence-electron chi connectivity index (χ2n) is 8.71. The van der Waals surface area contributed by atoms with Crippen LogP contribution in [0, 0.1) is 0 Å². The van der Waals surface area contributed by atoms with Crippen LogP contribution in [0.5, 0.6) is 46.0 Å². The van der Waals surface area contributed by atoms with Crippen molar-refractivity contribution in [1.29, 1.82) is 0 Å². The summed E-state index contributed by atoms with van der Waals surface area (Å²) in [6.45, 7) is -0.437. The van der Waals surface area contributed by atoms with Crippen LogP contribution in [0.1, 0.15) is 35.0 Å². The maximum atomic E-state index is 10.8. The number of benzene rings is 3. The number of fused-ring (bicyclic) bond motifs is 2. The second-order valence-corrected chi connectivity index (χ2v) is 8.71. The number of phenolic OH excluding ortho intramolecular Hbond substituents is 3. The third-order valence-corrected chi connectivity index (χ3v) is 6.47. The average Bonchev–Trinajstić information content (AvgIpc) is 2.89. The molecule has 0 fully saturated rings. The largest absolute Gasteiger partial charge is 0.507 e. The highest BCUT2D eigenvalue weighted by atomic mass is 16.6. The standard InChI is InChI=1S/C26H26O11/c1-33-13-8-15(29)21-18(9-13)35-25(23(32)22(21)31)12-5-16(30)26-19(7-12)36-24(20(10-27)37-26)11-3-4-14(28)17(6-11)34-2/h3-9,20,22-25,27-32H,10H2,1-2H3. The fraction of sp³-hybridized carbons (Fsp3) is 0.308. The number of hydrogen-bond donors (Lipinski definition) is 6. The van der Waals surface area contributed by atoms with Crippen molar-refractivity contribution < 1.29 is 54.3 Å². The minimum absolute atomic E-state index is 0.0124. The molecule has 0 spiro atoms. The number of aromatic hydroxyl groups is 3. The summed E-state index contributed by atoms with van der Waals surface area (Å²) in [4.78, 5) is 0. The zero-order chi connectivity index (χ0) is 26.4. The van der Waals surface area contributed by atoms with Crippen molar-refractivity contribution in [3.05, 3.63) is 59.2 Å². The lowest BCUT2D eigenvalue weighted by atomic mass is 9.91. The van der Waals surface area contributed by atoms with Crippen LogP contribution in [-0.4, -0.2) is 63.7 Å². The summed E-state index contributed by atoms with van der Waals surface area (Å²) in [5.41, 5.74) is 0.799. The Balaban J connectivity index is 1.52. The molecule has 0 bridgehead atoms. The molecule has 0 saturated heterocycles. The molecular formula is C26H26O11. The zero-order valence-corrected chi connectivity index (χ0v) is 19.9. The van der Waals surface area contributed by atoms with Gasteiger partial charge in [0.25, 0.3) is 0 Å². The van der Waals surface area contributed by atoms with E-state index in [1.807, 2.05) is 0 Å². The van der Waals surface area contributed by atoms with Crippen LogP contribution >= 0.6 is 0 Å². The number of methoxy groups -OCH3 is 2. The Morgan fingerprint density at radius 1 is 0.757 bits per heavy atom. The summed E-state index contributed by atoms with van der Waals surface area (Å²) in [5, 5.41) is 62.5. The fourth-order valence-corrected chi connectivity index (χ4v) is 4.60. The molecule has 0 radical (unpaired) electrons. The Hall–Kier alpha value is -4.06. The molecule has 6 N–H and O–H groups in total. The average molecular weight is 514 g/mol. The van der Waals surface area contributed by atoms with Crippen LogP contribution in [0.15, 0.2) is 42.5 Å². The first-order valence-corrected chi connectivity index (χ1v) is 11.4. The van der Waals surface area contributed by atoms with Crippen molar-refractivity contribution in [1.82, 2.24) is 0 Å². The van der Waals surface area contributed by atoms with Crippen LogP contribution < -0.4 is 23.7 Å². The van der Waals surface area contributed by atoms with Gasteiger partial charge in [-0.1, -0.05) is 6.07 Å². The lowest BCUT2D eigenvalue weighted by molar-refractivity contribution is -0.0714. The van der Waals surface area contributed by atoms with Gasteiger partial charge in [0.1, 0.15) is 29.5 Å². The summed E-state index contributed by atoms with van der Waals surface area (Å²) < 4.78 is 28.2. The van der Waals surface area contributed by atoms with E-state index in [9.17, 15) is 30.6 Å². The molecule has 11 nitrogen and oxygen atoms in total. The van der Waals surface area contributed by atoms with Gasteiger partial charge in [0.05, 0.1) is 26.4 Å². The van der Waals surface area contributed by atoms with E-state index in [1.165, 1.54) is 44.6 Å². The maximum absolute atomic E-state index is 10.8. The van der Waals surface area contributed by atoms with Gasteiger partial charge in [0.15, 0.2) is 41.3 Å². The Kier molecular flexibility index (Phi) is 6.28. The SMILES string of the molecule is COc1cc(O)c2c(c1)OC(c1cc(O)c3c(c1)OC(c1ccc(O)c(OC)c1)C(CO)O3)C(O)C2O. The number of hydrogen-bond acceptors (Lipinski definition) is 11. The summed E-state index contributed by atoms with van der Waals surface area (Å²) >= 11 is 0. The van der Waals surface area contributed by atoms with Crippen molar-refractivity contribution in [3.8, 4) is 46.0 Å². The van der Waals surface area contributed by atoms with E-state index in [-0.39, 0.29) is 57.1 Å². The van der Waals surface area contributed by atoms with E-state index < -0.39 is 37.1 Å². The highest BCUT2D eigenvalue weighted by Gasteiger charge is 2.41. The molecule has 3 aromatic rings. The highest BCUT2D eigenvalue weighted by Crippen LogP contribution is 2.51. The second kappa shape index (κ2) is 9.43. The predicted octanol–water partition coefficient (Wildman–Crippen LogP) is 2.22. The number of rotatable bonds is 5. The predicted molar refractivity (Wildman–Crippen MR) is 127 cm³/mol. The van der Waals surface area contributed by atoms with Crippen LogP contribution in [0.25, 0.3) is 0 Å². The number of aliphatic hydroxyl groups is 3. The molecule has 5 atom stereocenters. The van der Waals surface area contributed by atoms with Gasteiger partial charge >= 0.3 is 0 Å². The summed E-state index contributed by atoms with van der Waals surface area (Å²) in [6, 6.07) is 10.1. The van der Waals surface area contributed by atoms with Crippen LogP contribution in [-0.2, 0) is 0 Å². The van der Waals surface area contributed by atoms with E-state index in [0.29, 0.717) is 5.56 Å². The van der Waals surface area contributed by atoms with Gasteiger partial charge in [-0.2, -0.15) is 0 Å². The van der Waals surface area contributed by atoms with E-state index in [2.05, 4.69) is 0 Å². The van der Waals surface area contributed by atoms with Gasteiger partial charge in [-0.15, -0.1) is 0 Å². The molecule has 5 unspecified atom stereocenters. The molecule has 196 valence electrons. The Morgan fingerprint density at radius 2 is 1.51 bits per heavy atom. The molecule has 5 rings (SSSR count). The molecule has 11 heteroatoms. The first kappa shape index (κ1) is 24.6. The maximum Gasteiger partial charge on any atom is 0.203 e. The monoisotopic (exact) mass is 514 g/mol. The normalized spacial score (nSPS) is 24.1. The summed E-state index contributed by atoms with van der Waals surface area (Å²) in [7, 11) is 2.81. The first-order chi connectivity index (χ1) is 17.7. The van der Waals surface area contributed by atoms with E-state index in [1.54, 1.807) is 12.1 Å². The van der Waals surface area contributed by atoms with Crippen molar-refractivity contribution in [2.24, 2.45) is 0 Å². The van der Waals surface area contributed by atoms with Crippen molar-refractivity contribution >= 4 is 0 Å². The summed E-state index contributed by atoms with van der Waals surface area (Å²) in [6.07, 6.45) is -5.89. The van der Waals surface area contributed by atoms with Gasteiger partial charge in [-0.25, -0.2) is 0 Å². The van der Waals surface area contributed by atoms with Gasteiger partial charge in [0, 0.05) is 23.3 Å². The van der Waals surface area contributed by atoms with Crippen molar-refractivity contribution in [2.75, 3.05) is 20.8 Å². The topological polar surface area (TPSA) is 168 Å². The Bertz CT molecular complexity index is 1320. The third-order valence-electron chi connectivity index (χ3n) is 6.47. The van der Waals surface area contributed by atoms with Crippen LogP contribution in [0.3, 0.4) is 0 Å². The Labute approximate surface area is 211 Å². The van der Waals surface area contributed by atoms with Crippen LogP contribution in [0.2, 0.25) is 0 Å². The number of aliphatic hydroxyl groups excluding tert-OH is 3. The lowest BCUT2D eigenvalue weighted by Crippen LogP contribution is -2.37. The number of phenols is 3. The van der Waals surface area contributed by atoms with Crippen molar-refractivity contribution in [3.63, 3.8) is 0 Å². The van der Waals surface area contributed by atoms with Crippen LogP contribution in [0.4, 0.5) is 0 Å². The van der Waals surface area contributed by atoms with Gasteiger partial charge in [-0.3, -0.25) is 0 Å². The van der Waals surface area contributed by atoms with Gasteiger partial charge < -0.3 is 54.3 Å². The molecule has 3 aromatic carbocycles. The highest BCUT2D eigenvalue weighted by molar-refractivity contribution is 5.57. The molecule has 0 aromatic heterocycles. The van der Waals surface area contributed by atoms with E-state index >= 15 is 0 Å². The van der Waals surface area contributed by atoms with Crippen molar-refractivity contribution in [2.45, 2.75) is 30.5 Å². The molecule has 0 saturated carbocycles. The fourth-order valence-electron chi connectivity index (χ4n) is 4.60. The zero-order valence-electron chi connectivity index (χ0n) is 19.9. The van der Waals surface area contributed by atoms with Gasteiger partial charge in [-0.05, 0) is 24.3 Å². The lowest BCUT2D eigenvalue weighted by Gasteiger charge is -2.37. The number of ether oxygens (including phenoxy) is 5. The minimum atomic E-state index is -1.50. The molecular weight excluding hydrogens is 488 g/mol. The smallest absolute Gasteiger partial charge is 0.203 e. The van der Waals surface area contributed by atoms with Gasteiger partial charge in [0.2, 0.25) is 5.75 Å². The quantitative estimate of drug-likeness (QED) is 0.295. The molecule has 2 aliphatic rings. The Morgan fingerprint density at radius 3 is 2.22 bits per heavy atom. The molecule has 2 aliphatic heterocycles. The first-order valence-electron chi connectivity index (χ1n) is 11.4. The molecule has 0 aliphatic carbocycles. The summed E-state index contributed by atoms with van der Waals surface area (Å²) in [5.74, 6) is -0.0474. The minimum Gasteiger partial charge on any atom is -0.507 e. The van der Waals surface area contributed by atoms with E-state index in [0.717, 1.165) is 0 Å². The molecule has 2 heterocycles. The van der Waals surface area contributed by atoms with E-state index in [4.69, 9.17) is 23.7 Å². The molecule has 0 amide bonds.